The summed E-state index contributed by atoms with van der Waals surface area (Å²) < 4.78 is 37.7. The molecule has 8 heteroatoms. The molecule has 0 unspecified atom stereocenters. The lowest BCUT2D eigenvalue weighted by atomic mass is 10.2. The fourth-order valence-corrected chi connectivity index (χ4v) is 2.36. The first-order valence-corrected chi connectivity index (χ1v) is 8.32. The van der Waals surface area contributed by atoms with Crippen molar-refractivity contribution in [1.29, 1.82) is 0 Å². The second-order valence-electron chi connectivity index (χ2n) is 5.49. The van der Waals surface area contributed by atoms with E-state index in [9.17, 15) is 13.6 Å². The summed E-state index contributed by atoms with van der Waals surface area (Å²) in [6, 6.07) is 9.83. The van der Waals surface area contributed by atoms with Crippen LogP contribution in [0.4, 0.5) is 20.3 Å². The molecule has 1 N–H and O–H groups in total. The van der Waals surface area contributed by atoms with E-state index in [2.05, 4.69) is 15.3 Å². The maximum atomic E-state index is 14.0. The van der Waals surface area contributed by atoms with Gasteiger partial charge in [-0.05, 0) is 31.2 Å². The minimum atomic E-state index is -0.743. The minimum absolute atomic E-state index is 0.0281. The van der Waals surface area contributed by atoms with Gasteiger partial charge in [0.2, 0.25) is 0 Å². The molecular weight excluding hydrogens is 356 g/mol. The van der Waals surface area contributed by atoms with Crippen LogP contribution in [-0.4, -0.2) is 35.8 Å². The van der Waals surface area contributed by atoms with Crippen molar-refractivity contribution >= 4 is 28.5 Å². The molecule has 1 aromatic heterocycles. The predicted molar refractivity (Wildman–Crippen MR) is 96.0 cm³/mol. The summed E-state index contributed by atoms with van der Waals surface area (Å²) in [5, 5.41) is 2.64. The van der Waals surface area contributed by atoms with Crippen molar-refractivity contribution < 1.29 is 23.0 Å². The van der Waals surface area contributed by atoms with E-state index in [0.717, 1.165) is 18.2 Å². The van der Waals surface area contributed by atoms with Crippen LogP contribution in [0.3, 0.4) is 0 Å². The molecule has 0 aliphatic carbocycles. The number of para-hydroxylation sites is 2. The number of ether oxygens (including phenoxy) is 2. The Morgan fingerprint density at radius 1 is 1.07 bits per heavy atom. The molecule has 1 heterocycles. The Bertz CT molecular complexity index is 966. The highest BCUT2D eigenvalue weighted by atomic mass is 19.1. The van der Waals surface area contributed by atoms with Crippen LogP contribution in [0.15, 0.2) is 42.5 Å². The van der Waals surface area contributed by atoms with E-state index in [1.165, 1.54) is 0 Å². The van der Waals surface area contributed by atoms with Crippen molar-refractivity contribution in [2.24, 2.45) is 0 Å². The monoisotopic (exact) mass is 373 g/mol. The first kappa shape index (κ1) is 18.7. The Morgan fingerprint density at radius 2 is 1.81 bits per heavy atom. The van der Waals surface area contributed by atoms with Gasteiger partial charge in [0.25, 0.3) is 0 Å². The number of benzene rings is 2. The van der Waals surface area contributed by atoms with Gasteiger partial charge in [-0.3, -0.25) is 0 Å². The van der Waals surface area contributed by atoms with Gasteiger partial charge >= 0.3 is 5.97 Å². The second kappa shape index (κ2) is 8.50. The normalized spacial score (nSPS) is 10.8. The minimum Gasteiger partial charge on any atom is -0.458 e. The first-order chi connectivity index (χ1) is 13.1. The molecule has 6 nitrogen and oxygen atoms in total. The number of nitrogens with one attached hydrogen (secondary N) is 1. The van der Waals surface area contributed by atoms with Gasteiger partial charge in [-0.2, -0.15) is 0 Å². The summed E-state index contributed by atoms with van der Waals surface area (Å²) in [5.41, 5.74) is 0.666. The topological polar surface area (TPSA) is 73.3 Å². The smallest absolute Gasteiger partial charge is 0.360 e. The maximum absolute atomic E-state index is 14.0. The van der Waals surface area contributed by atoms with Gasteiger partial charge in [0, 0.05) is 12.7 Å². The van der Waals surface area contributed by atoms with Gasteiger partial charge in [0.1, 0.15) is 18.2 Å². The lowest BCUT2D eigenvalue weighted by molar-refractivity contribution is 0.0330. The van der Waals surface area contributed by atoms with Crippen molar-refractivity contribution in [2.45, 2.75) is 6.92 Å². The molecule has 3 aromatic rings. The fourth-order valence-electron chi connectivity index (χ4n) is 2.36. The van der Waals surface area contributed by atoms with Crippen LogP contribution in [-0.2, 0) is 9.47 Å². The quantitative estimate of drug-likeness (QED) is 0.501. The predicted octanol–water partition coefficient (Wildman–Crippen LogP) is 3.84. The maximum Gasteiger partial charge on any atom is 0.360 e. The summed E-state index contributed by atoms with van der Waals surface area (Å²) in [6.07, 6.45) is 0. The summed E-state index contributed by atoms with van der Waals surface area (Å²) >= 11 is 0. The Balaban J connectivity index is 1.96. The zero-order chi connectivity index (χ0) is 19.2. The van der Waals surface area contributed by atoms with E-state index in [0.29, 0.717) is 17.6 Å². The molecule has 140 valence electrons. The van der Waals surface area contributed by atoms with Gasteiger partial charge in [0.15, 0.2) is 11.5 Å². The SMILES string of the molecule is CCOCCOC(=O)c1nc2ccccc2nc1Nc1cc(F)ccc1F. The molecule has 0 radical (unpaired) electrons. The summed E-state index contributed by atoms with van der Waals surface area (Å²) in [7, 11) is 0. The highest BCUT2D eigenvalue weighted by Gasteiger charge is 2.19. The molecule has 0 aliphatic heterocycles. The van der Waals surface area contributed by atoms with Crippen molar-refractivity contribution in [3.05, 3.63) is 59.8 Å². The van der Waals surface area contributed by atoms with Crippen LogP contribution in [0.2, 0.25) is 0 Å². The highest BCUT2D eigenvalue weighted by Crippen LogP contribution is 2.24. The number of anilines is 2. The molecule has 0 saturated carbocycles. The third-order valence-corrected chi connectivity index (χ3v) is 3.61. The Hall–Kier alpha value is -3.13. The molecule has 0 saturated heterocycles. The number of nitrogens with zero attached hydrogens (tertiary/aromatic N) is 2. The van der Waals surface area contributed by atoms with E-state index in [1.54, 1.807) is 24.3 Å². The largest absolute Gasteiger partial charge is 0.458 e. The van der Waals surface area contributed by atoms with Crippen LogP contribution in [0, 0.1) is 11.6 Å². The number of halogens is 2. The third kappa shape index (κ3) is 4.53. The third-order valence-electron chi connectivity index (χ3n) is 3.61. The van der Waals surface area contributed by atoms with E-state index in [1.807, 2.05) is 6.92 Å². The number of carbonyl (C=O) groups excluding carboxylic acids is 1. The Kier molecular flexibility index (Phi) is 5.87. The number of rotatable bonds is 7. The molecule has 27 heavy (non-hydrogen) atoms. The molecule has 0 amide bonds. The molecule has 0 bridgehead atoms. The summed E-state index contributed by atoms with van der Waals surface area (Å²) in [6.45, 7) is 2.60. The van der Waals surface area contributed by atoms with E-state index in [4.69, 9.17) is 9.47 Å². The average Bonchev–Trinajstić information content (AvgIpc) is 2.67. The van der Waals surface area contributed by atoms with Gasteiger partial charge in [-0.1, -0.05) is 12.1 Å². The molecule has 0 atom stereocenters. The number of fused-ring (bicyclic) bond motifs is 1. The van der Waals surface area contributed by atoms with Crippen molar-refractivity contribution in [3.8, 4) is 0 Å². The van der Waals surface area contributed by atoms with Gasteiger partial charge in [0.05, 0.1) is 23.3 Å². The summed E-state index contributed by atoms with van der Waals surface area (Å²) in [5.74, 6) is -2.10. The molecule has 0 spiro atoms. The van der Waals surface area contributed by atoms with E-state index in [-0.39, 0.29) is 30.4 Å². The lowest BCUT2D eigenvalue weighted by Crippen LogP contribution is -2.15. The van der Waals surface area contributed by atoms with Gasteiger partial charge in [-0.15, -0.1) is 0 Å². The molecule has 0 fully saturated rings. The van der Waals surface area contributed by atoms with Crippen LogP contribution in [0.5, 0.6) is 0 Å². The molecule has 3 rings (SSSR count). The molecule has 2 aromatic carbocycles. The number of esters is 1. The molecule has 0 aliphatic rings. The number of hydrogen-bond acceptors (Lipinski definition) is 6. The standard InChI is InChI=1S/C19H17F2N3O3/c1-2-26-9-10-27-19(25)17-18(23-15-6-4-3-5-14(15)22-17)24-16-11-12(20)7-8-13(16)21/h3-8,11H,2,9-10H2,1H3,(H,23,24). The van der Waals surface area contributed by atoms with Gasteiger partial charge in [-0.25, -0.2) is 23.5 Å². The highest BCUT2D eigenvalue weighted by molar-refractivity contribution is 5.96. The van der Waals surface area contributed by atoms with Gasteiger partial charge < -0.3 is 14.8 Å². The van der Waals surface area contributed by atoms with E-state index >= 15 is 0 Å². The zero-order valence-corrected chi connectivity index (χ0v) is 14.5. The zero-order valence-electron chi connectivity index (χ0n) is 14.5. The van der Waals surface area contributed by atoms with Crippen LogP contribution < -0.4 is 5.32 Å². The lowest BCUT2D eigenvalue weighted by Gasteiger charge is -2.12. The first-order valence-electron chi connectivity index (χ1n) is 8.32. The van der Waals surface area contributed by atoms with E-state index < -0.39 is 17.6 Å². The van der Waals surface area contributed by atoms with Crippen molar-refractivity contribution in [3.63, 3.8) is 0 Å². The van der Waals surface area contributed by atoms with Crippen molar-refractivity contribution in [2.75, 3.05) is 25.1 Å². The number of hydrogen-bond donors (Lipinski definition) is 1. The number of carbonyl (C=O) groups is 1. The van der Waals surface area contributed by atoms with Crippen LogP contribution >= 0.6 is 0 Å². The van der Waals surface area contributed by atoms with Crippen LogP contribution in [0.25, 0.3) is 11.0 Å². The average molecular weight is 373 g/mol. The van der Waals surface area contributed by atoms with Crippen molar-refractivity contribution in [1.82, 2.24) is 9.97 Å². The Labute approximate surface area is 154 Å². The fraction of sp³-hybridized carbons (Fsp3) is 0.211. The number of aromatic nitrogens is 2. The van der Waals surface area contributed by atoms with Crippen LogP contribution in [0.1, 0.15) is 17.4 Å². The Morgan fingerprint density at radius 3 is 2.56 bits per heavy atom. The molecular formula is C19H17F2N3O3. The summed E-state index contributed by atoms with van der Waals surface area (Å²) in [4.78, 5) is 21.0. The second-order valence-corrected chi connectivity index (χ2v) is 5.49.